The summed E-state index contributed by atoms with van der Waals surface area (Å²) in [5.41, 5.74) is 2.40. The van der Waals surface area contributed by atoms with E-state index in [9.17, 15) is 0 Å². The van der Waals surface area contributed by atoms with Gasteiger partial charge in [0.15, 0.2) is 5.96 Å². The Morgan fingerprint density at radius 2 is 1.96 bits per heavy atom. The van der Waals surface area contributed by atoms with E-state index in [1.54, 1.807) is 11.3 Å². The predicted octanol–water partition coefficient (Wildman–Crippen LogP) is 3.89. The molecular formula is C20H30N4OS. The molecule has 0 unspecified atom stereocenters. The second-order valence-corrected chi connectivity index (χ2v) is 7.14. The van der Waals surface area contributed by atoms with Gasteiger partial charge in [0.2, 0.25) is 0 Å². The van der Waals surface area contributed by atoms with Crippen LogP contribution in [-0.2, 0) is 30.9 Å². The topological polar surface area (TPSA) is 58.5 Å². The van der Waals surface area contributed by atoms with Crippen molar-refractivity contribution in [3.63, 3.8) is 0 Å². The van der Waals surface area contributed by atoms with Gasteiger partial charge >= 0.3 is 0 Å². The molecule has 0 aliphatic carbocycles. The Bertz CT molecular complexity index is 684. The van der Waals surface area contributed by atoms with Gasteiger partial charge < -0.3 is 15.4 Å². The number of aryl methyl sites for hydroxylation is 1. The Kier molecular flexibility index (Phi) is 9.14. The molecule has 0 fully saturated rings. The number of ether oxygens (including phenoxy) is 1. The predicted molar refractivity (Wildman–Crippen MR) is 110 cm³/mol. The van der Waals surface area contributed by atoms with E-state index in [-0.39, 0.29) is 0 Å². The third-order valence-corrected chi connectivity index (χ3v) is 4.97. The van der Waals surface area contributed by atoms with Crippen LogP contribution in [-0.4, -0.2) is 24.1 Å². The monoisotopic (exact) mass is 374 g/mol. The van der Waals surface area contributed by atoms with E-state index in [0.717, 1.165) is 37.0 Å². The first-order valence-corrected chi connectivity index (χ1v) is 10.2. The van der Waals surface area contributed by atoms with E-state index < -0.39 is 0 Å². The normalized spacial score (nSPS) is 11.6. The summed E-state index contributed by atoms with van der Waals surface area (Å²) in [7, 11) is 0. The second-order valence-electron chi connectivity index (χ2n) is 5.94. The molecule has 142 valence electrons. The summed E-state index contributed by atoms with van der Waals surface area (Å²) >= 11 is 1.75. The maximum atomic E-state index is 5.70. The first-order chi connectivity index (χ1) is 12.8. The number of aliphatic imine (C=N–C) groups is 1. The van der Waals surface area contributed by atoms with E-state index in [1.807, 2.05) is 6.20 Å². The average Bonchev–Trinajstić information content (AvgIpc) is 3.13. The maximum Gasteiger partial charge on any atom is 0.191 e. The summed E-state index contributed by atoms with van der Waals surface area (Å²) in [6.45, 7) is 9.91. The molecule has 0 atom stereocenters. The highest BCUT2D eigenvalue weighted by atomic mass is 32.1. The van der Waals surface area contributed by atoms with Gasteiger partial charge in [-0.15, -0.1) is 11.3 Å². The smallest absolute Gasteiger partial charge is 0.191 e. The van der Waals surface area contributed by atoms with Crippen molar-refractivity contribution in [2.24, 2.45) is 4.99 Å². The van der Waals surface area contributed by atoms with Crippen molar-refractivity contribution in [3.05, 3.63) is 51.5 Å². The fourth-order valence-electron chi connectivity index (χ4n) is 2.44. The van der Waals surface area contributed by atoms with E-state index in [2.05, 4.69) is 60.7 Å². The minimum absolute atomic E-state index is 0.624. The third kappa shape index (κ3) is 6.77. The molecule has 1 aromatic carbocycles. The molecule has 0 amide bonds. The molecule has 0 aliphatic heterocycles. The van der Waals surface area contributed by atoms with Crippen LogP contribution in [0.3, 0.4) is 0 Å². The van der Waals surface area contributed by atoms with Gasteiger partial charge in [0.05, 0.1) is 19.7 Å². The van der Waals surface area contributed by atoms with Crippen molar-refractivity contribution in [2.75, 3.05) is 13.2 Å². The van der Waals surface area contributed by atoms with Crippen molar-refractivity contribution in [1.29, 1.82) is 0 Å². The molecule has 0 spiro atoms. The summed E-state index contributed by atoms with van der Waals surface area (Å²) in [6, 6.07) is 8.33. The van der Waals surface area contributed by atoms with Crippen molar-refractivity contribution < 1.29 is 4.74 Å². The van der Waals surface area contributed by atoms with E-state index in [0.29, 0.717) is 19.7 Å². The lowest BCUT2D eigenvalue weighted by Gasteiger charge is -2.12. The minimum Gasteiger partial charge on any atom is -0.377 e. The Hall–Kier alpha value is -1.92. The van der Waals surface area contributed by atoms with Crippen LogP contribution in [0, 0.1) is 0 Å². The van der Waals surface area contributed by atoms with Crippen molar-refractivity contribution in [2.45, 2.75) is 53.3 Å². The molecule has 0 bridgehead atoms. The molecule has 1 heterocycles. The summed E-state index contributed by atoms with van der Waals surface area (Å²) in [6.07, 6.45) is 4.02. The average molecular weight is 375 g/mol. The summed E-state index contributed by atoms with van der Waals surface area (Å²) in [5, 5.41) is 7.76. The molecule has 5 nitrogen and oxygen atoms in total. The minimum atomic E-state index is 0.624. The van der Waals surface area contributed by atoms with E-state index in [4.69, 9.17) is 9.73 Å². The number of thiazole rings is 1. The van der Waals surface area contributed by atoms with Crippen LogP contribution in [0.25, 0.3) is 0 Å². The van der Waals surface area contributed by atoms with Gasteiger partial charge in [0, 0.05) is 24.2 Å². The van der Waals surface area contributed by atoms with Crippen LogP contribution in [0.1, 0.15) is 48.2 Å². The SMILES string of the molecule is CCCOCc1ccccc1CN=C(NCC)NCc1ncc(CC)s1. The number of guanidine groups is 1. The van der Waals surface area contributed by atoms with Gasteiger partial charge in [0.25, 0.3) is 0 Å². The zero-order chi connectivity index (χ0) is 18.6. The standard InChI is InChI=1S/C20H30N4OS/c1-4-11-25-15-17-10-8-7-9-16(17)12-23-20(21-6-3)24-14-19-22-13-18(5-2)26-19/h7-10,13H,4-6,11-12,14-15H2,1-3H3,(H2,21,23,24). The lowest BCUT2D eigenvalue weighted by molar-refractivity contribution is 0.121. The molecule has 6 heteroatoms. The Labute approximate surface area is 160 Å². The highest BCUT2D eigenvalue weighted by Gasteiger charge is 2.05. The Morgan fingerprint density at radius 3 is 2.65 bits per heavy atom. The van der Waals surface area contributed by atoms with Gasteiger partial charge in [0.1, 0.15) is 5.01 Å². The Balaban J connectivity index is 1.97. The van der Waals surface area contributed by atoms with E-state index in [1.165, 1.54) is 16.0 Å². The number of rotatable bonds is 10. The van der Waals surface area contributed by atoms with Crippen molar-refractivity contribution >= 4 is 17.3 Å². The molecule has 2 rings (SSSR count). The first kappa shape index (κ1) is 20.4. The van der Waals surface area contributed by atoms with Crippen LogP contribution < -0.4 is 10.6 Å². The van der Waals surface area contributed by atoms with Gasteiger partial charge in [-0.25, -0.2) is 9.98 Å². The molecule has 26 heavy (non-hydrogen) atoms. The molecule has 2 aromatic rings. The second kappa shape index (κ2) is 11.6. The number of nitrogens with zero attached hydrogens (tertiary/aromatic N) is 2. The van der Waals surface area contributed by atoms with E-state index >= 15 is 0 Å². The van der Waals surface area contributed by atoms with Gasteiger partial charge in [-0.2, -0.15) is 0 Å². The quantitative estimate of drug-likeness (QED) is 0.376. The van der Waals surface area contributed by atoms with Gasteiger partial charge in [-0.3, -0.25) is 0 Å². The Morgan fingerprint density at radius 1 is 1.15 bits per heavy atom. The molecule has 0 saturated carbocycles. The van der Waals surface area contributed by atoms with Gasteiger partial charge in [-0.05, 0) is 30.9 Å². The fourth-order valence-corrected chi connectivity index (χ4v) is 3.24. The number of benzene rings is 1. The summed E-state index contributed by atoms with van der Waals surface area (Å²) in [4.78, 5) is 10.5. The fraction of sp³-hybridized carbons (Fsp3) is 0.500. The molecular weight excluding hydrogens is 344 g/mol. The number of aromatic nitrogens is 1. The zero-order valence-electron chi connectivity index (χ0n) is 16.0. The summed E-state index contributed by atoms with van der Waals surface area (Å²) in [5.74, 6) is 0.810. The third-order valence-electron chi connectivity index (χ3n) is 3.83. The zero-order valence-corrected chi connectivity index (χ0v) is 16.9. The van der Waals surface area contributed by atoms with Crippen molar-refractivity contribution in [1.82, 2.24) is 15.6 Å². The maximum absolute atomic E-state index is 5.70. The highest BCUT2D eigenvalue weighted by molar-refractivity contribution is 7.11. The van der Waals surface area contributed by atoms with Gasteiger partial charge in [-0.1, -0.05) is 38.1 Å². The molecule has 0 aliphatic rings. The molecule has 0 radical (unpaired) electrons. The van der Waals surface area contributed by atoms with Crippen LogP contribution in [0.4, 0.5) is 0 Å². The first-order valence-electron chi connectivity index (χ1n) is 9.37. The highest BCUT2D eigenvalue weighted by Crippen LogP contribution is 2.13. The van der Waals surface area contributed by atoms with Crippen LogP contribution in [0.5, 0.6) is 0 Å². The summed E-state index contributed by atoms with van der Waals surface area (Å²) < 4.78 is 5.70. The molecule has 1 aromatic heterocycles. The number of hydrogen-bond donors (Lipinski definition) is 2. The van der Waals surface area contributed by atoms with Crippen LogP contribution >= 0.6 is 11.3 Å². The molecule has 2 N–H and O–H groups in total. The van der Waals surface area contributed by atoms with Crippen LogP contribution in [0.15, 0.2) is 35.5 Å². The lowest BCUT2D eigenvalue weighted by atomic mass is 10.1. The lowest BCUT2D eigenvalue weighted by Crippen LogP contribution is -2.36. The number of hydrogen-bond acceptors (Lipinski definition) is 4. The molecule has 0 saturated heterocycles. The van der Waals surface area contributed by atoms with Crippen LogP contribution in [0.2, 0.25) is 0 Å². The largest absolute Gasteiger partial charge is 0.377 e. The number of nitrogens with one attached hydrogen (secondary N) is 2. The van der Waals surface area contributed by atoms with Crippen molar-refractivity contribution in [3.8, 4) is 0 Å².